The van der Waals surface area contributed by atoms with Crippen LogP contribution in [0.4, 0.5) is 0 Å². The van der Waals surface area contributed by atoms with Gasteiger partial charge < -0.3 is 10.4 Å². The molecule has 3 aromatic carbocycles. The lowest BCUT2D eigenvalue weighted by molar-refractivity contribution is 0.399. The fraction of sp³-hybridized carbons (Fsp3) is 0.143. The van der Waals surface area contributed by atoms with Gasteiger partial charge in [-0.05, 0) is 61.5 Å². The molecule has 1 aromatic heterocycles. The topological polar surface area (TPSA) is 58.0 Å². The maximum atomic E-state index is 7.00. The number of aliphatic hydroxyl groups is 1. The predicted octanol–water partition coefficient (Wildman–Crippen LogP) is 6.72. The van der Waals surface area contributed by atoms with Gasteiger partial charge in [0, 0.05) is 35.2 Å². The van der Waals surface area contributed by atoms with E-state index < -0.39 is 0 Å². The van der Waals surface area contributed by atoms with Crippen molar-refractivity contribution in [3.63, 3.8) is 0 Å². The van der Waals surface area contributed by atoms with Crippen LogP contribution in [0.3, 0.4) is 0 Å². The molecule has 174 valence electrons. The van der Waals surface area contributed by atoms with E-state index in [0.29, 0.717) is 0 Å². The number of nitrogens with one attached hydrogen (secondary N) is 1. The molecule has 0 atom stereocenters. The molecule has 0 amide bonds. The second-order valence-electron chi connectivity index (χ2n) is 7.31. The molecular formula is C28H29N3OS2. The quantitative estimate of drug-likeness (QED) is 0.223. The van der Waals surface area contributed by atoms with Crippen molar-refractivity contribution < 1.29 is 5.11 Å². The van der Waals surface area contributed by atoms with Gasteiger partial charge in [0.2, 0.25) is 0 Å². The van der Waals surface area contributed by atoms with Gasteiger partial charge >= 0.3 is 0 Å². The van der Waals surface area contributed by atoms with E-state index in [4.69, 9.17) is 15.1 Å². The van der Waals surface area contributed by atoms with Gasteiger partial charge in [0.25, 0.3) is 0 Å². The van der Waals surface area contributed by atoms with Gasteiger partial charge in [0.15, 0.2) is 5.16 Å². The summed E-state index contributed by atoms with van der Waals surface area (Å²) in [5, 5.41) is 12.1. The normalized spacial score (nSPS) is 10.9. The van der Waals surface area contributed by atoms with Gasteiger partial charge in [-0.3, -0.25) is 0 Å². The molecule has 4 rings (SSSR count). The minimum atomic E-state index is 0.755. The molecule has 2 N–H and O–H groups in total. The van der Waals surface area contributed by atoms with Crippen LogP contribution in [0, 0.1) is 13.8 Å². The van der Waals surface area contributed by atoms with Crippen LogP contribution in [0.25, 0.3) is 11.8 Å². The SMILES string of the molecule is CN/C(=C\c1c(C)nc(Sc2ccccc2)nc1Sc1ccccc1)c1ccc(C)cc1.CO. The number of hydrogen-bond donors (Lipinski definition) is 2. The maximum absolute atomic E-state index is 7.00. The predicted molar refractivity (Wildman–Crippen MR) is 144 cm³/mol. The average molecular weight is 488 g/mol. The minimum absolute atomic E-state index is 0.755. The summed E-state index contributed by atoms with van der Waals surface area (Å²) in [6.45, 7) is 4.16. The molecule has 0 aliphatic carbocycles. The van der Waals surface area contributed by atoms with Gasteiger partial charge in [-0.25, -0.2) is 9.97 Å². The number of benzene rings is 3. The van der Waals surface area contributed by atoms with Gasteiger partial charge in [0.1, 0.15) is 5.03 Å². The van der Waals surface area contributed by atoms with Crippen molar-refractivity contribution in [3.8, 4) is 0 Å². The van der Waals surface area contributed by atoms with Crippen molar-refractivity contribution in [1.29, 1.82) is 0 Å². The summed E-state index contributed by atoms with van der Waals surface area (Å²) in [4.78, 5) is 12.1. The zero-order valence-corrected chi connectivity index (χ0v) is 21.5. The Morgan fingerprint density at radius 3 is 1.88 bits per heavy atom. The van der Waals surface area contributed by atoms with Gasteiger partial charge in [-0.2, -0.15) is 0 Å². The number of aryl methyl sites for hydroxylation is 2. The monoisotopic (exact) mass is 487 g/mol. The summed E-state index contributed by atoms with van der Waals surface area (Å²) >= 11 is 3.25. The summed E-state index contributed by atoms with van der Waals surface area (Å²) in [5.74, 6) is 0. The van der Waals surface area contributed by atoms with Crippen molar-refractivity contribution in [1.82, 2.24) is 15.3 Å². The Kier molecular flexibility index (Phi) is 9.76. The summed E-state index contributed by atoms with van der Waals surface area (Å²) in [6, 6.07) is 29.1. The zero-order valence-electron chi connectivity index (χ0n) is 19.8. The number of hydrogen-bond acceptors (Lipinski definition) is 6. The van der Waals surface area contributed by atoms with Crippen molar-refractivity contribution in [2.24, 2.45) is 0 Å². The van der Waals surface area contributed by atoms with Crippen LogP contribution in [-0.2, 0) is 0 Å². The van der Waals surface area contributed by atoms with Gasteiger partial charge in [0.05, 0.1) is 5.69 Å². The van der Waals surface area contributed by atoms with Crippen LogP contribution in [0.2, 0.25) is 0 Å². The molecule has 0 bridgehead atoms. The van der Waals surface area contributed by atoms with Crippen LogP contribution in [0.1, 0.15) is 22.4 Å². The minimum Gasteiger partial charge on any atom is -0.400 e. The Labute approximate surface area is 210 Å². The molecule has 0 fully saturated rings. The van der Waals surface area contributed by atoms with Crippen LogP contribution in [0.5, 0.6) is 0 Å². The van der Waals surface area contributed by atoms with Crippen LogP contribution < -0.4 is 5.32 Å². The standard InChI is InChI=1S/C27H25N3S2.CH4O/c1-19-14-16-21(17-15-19)25(28-3)18-24-20(2)29-27(32-23-12-8-5-9-13-23)30-26(24)31-22-10-6-4-7-11-22;1-2/h4-18,28H,1-3H3;2H,1H3/b25-18-;. The second-order valence-corrected chi connectivity index (χ2v) is 9.42. The van der Waals surface area contributed by atoms with E-state index in [1.54, 1.807) is 23.5 Å². The summed E-state index contributed by atoms with van der Waals surface area (Å²) in [6.07, 6.45) is 2.15. The smallest absolute Gasteiger partial charge is 0.193 e. The highest BCUT2D eigenvalue weighted by Gasteiger charge is 2.14. The highest BCUT2D eigenvalue weighted by Crippen LogP contribution is 2.35. The molecule has 0 radical (unpaired) electrons. The molecule has 1 heterocycles. The number of aromatic nitrogens is 2. The first-order chi connectivity index (χ1) is 16.6. The van der Waals surface area contributed by atoms with E-state index in [1.165, 1.54) is 5.56 Å². The van der Waals surface area contributed by atoms with E-state index in [-0.39, 0.29) is 0 Å². The molecule has 0 saturated heterocycles. The average Bonchev–Trinajstić information content (AvgIpc) is 2.87. The van der Waals surface area contributed by atoms with Crippen molar-refractivity contribution >= 4 is 35.3 Å². The van der Waals surface area contributed by atoms with E-state index in [9.17, 15) is 0 Å². The van der Waals surface area contributed by atoms with Crippen LogP contribution >= 0.6 is 23.5 Å². The molecule has 4 aromatic rings. The Morgan fingerprint density at radius 1 is 0.765 bits per heavy atom. The molecule has 4 nitrogen and oxygen atoms in total. The third kappa shape index (κ3) is 6.97. The highest BCUT2D eigenvalue weighted by molar-refractivity contribution is 8.00. The first kappa shape index (κ1) is 25.6. The van der Waals surface area contributed by atoms with E-state index in [0.717, 1.165) is 49.6 Å². The van der Waals surface area contributed by atoms with Crippen molar-refractivity contribution in [2.75, 3.05) is 14.2 Å². The molecular weight excluding hydrogens is 458 g/mol. The molecule has 0 aliphatic heterocycles. The lowest BCUT2D eigenvalue weighted by Crippen LogP contribution is -2.06. The third-order valence-electron chi connectivity index (χ3n) is 4.91. The first-order valence-corrected chi connectivity index (χ1v) is 12.5. The Hall–Kier alpha value is -3.06. The zero-order chi connectivity index (χ0) is 24.3. The molecule has 0 aliphatic rings. The molecule has 6 heteroatoms. The van der Waals surface area contributed by atoms with Crippen molar-refractivity contribution in [3.05, 3.63) is 107 Å². The molecule has 34 heavy (non-hydrogen) atoms. The molecule has 0 spiro atoms. The Bertz CT molecular complexity index is 1210. The maximum Gasteiger partial charge on any atom is 0.193 e. The summed E-state index contributed by atoms with van der Waals surface area (Å²) in [5.41, 5.74) is 5.40. The molecule has 0 unspecified atom stereocenters. The van der Waals surface area contributed by atoms with E-state index in [2.05, 4.69) is 85.9 Å². The number of nitrogens with zero attached hydrogens (tertiary/aromatic N) is 2. The Morgan fingerprint density at radius 2 is 1.32 bits per heavy atom. The lowest BCUT2D eigenvalue weighted by Gasteiger charge is -2.13. The second kappa shape index (κ2) is 13.0. The number of aliphatic hydroxyl groups excluding tert-OH is 1. The van der Waals surface area contributed by atoms with Gasteiger partial charge in [-0.1, -0.05) is 78.0 Å². The lowest BCUT2D eigenvalue weighted by atomic mass is 10.1. The fourth-order valence-corrected chi connectivity index (χ4v) is 5.04. The summed E-state index contributed by atoms with van der Waals surface area (Å²) in [7, 11) is 2.95. The Balaban J connectivity index is 0.00000158. The van der Waals surface area contributed by atoms with E-state index in [1.807, 2.05) is 31.3 Å². The first-order valence-electron chi connectivity index (χ1n) is 10.9. The third-order valence-corrected chi connectivity index (χ3v) is 6.80. The fourth-order valence-electron chi connectivity index (χ4n) is 3.19. The van der Waals surface area contributed by atoms with Gasteiger partial charge in [-0.15, -0.1) is 0 Å². The highest BCUT2D eigenvalue weighted by atomic mass is 32.2. The number of rotatable bonds is 7. The summed E-state index contributed by atoms with van der Waals surface area (Å²) < 4.78 is 0. The van der Waals surface area contributed by atoms with Crippen LogP contribution in [0.15, 0.2) is 105 Å². The largest absolute Gasteiger partial charge is 0.400 e. The van der Waals surface area contributed by atoms with E-state index >= 15 is 0 Å². The van der Waals surface area contributed by atoms with Crippen LogP contribution in [-0.4, -0.2) is 29.2 Å². The van der Waals surface area contributed by atoms with Crippen molar-refractivity contribution in [2.45, 2.75) is 33.8 Å². The molecule has 0 saturated carbocycles.